The molecule has 2 N–H and O–H groups in total. The lowest BCUT2D eigenvalue weighted by Gasteiger charge is -2.27. The number of aliphatic imine (C=N–C) groups is 1. The molecule has 3 fully saturated rings. The van der Waals surface area contributed by atoms with E-state index in [4.69, 9.17) is 14.5 Å². The molecule has 0 aromatic carbocycles. The topological polar surface area (TPSA) is 88.8 Å². The van der Waals surface area contributed by atoms with Crippen LogP contribution in [0.1, 0.15) is 37.3 Å². The van der Waals surface area contributed by atoms with E-state index in [1.807, 2.05) is 18.5 Å². The molecule has 3 aliphatic heterocycles. The Morgan fingerprint density at radius 1 is 1.25 bits per heavy atom. The van der Waals surface area contributed by atoms with Gasteiger partial charge in [-0.2, -0.15) is 0 Å². The summed E-state index contributed by atoms with van der Waals surface area (Å²) in [4.78, 5) is 7.24. The molecule has 0 amide bonds. The van der Waals surface area contributed by atoms with Crippen LogP contribution in [0.3, 0.4) is 0 Å². The second-order valence-electron chi connectivity index (χ2n) is 7.98. The fraction of sp³-hybridized carbons (Fsp3) is 0.842. The van der Waals surface area contributed by atoms with Crippen LogP contribution in [0.15, 0.2) is 4.99 Å². The van der Waals surface area contributed by atoms with Crippen LogP contribution in [0.25, 0.3) is 0 Å². The molecule has 0 saturated carbocycles. The summed E-state index contributed by atoms with van der Waals surface area (Å²) >= 11 is 0. The molecule has 28 heavy (non-hydrogen) atoms. The summed E-state index contributed by atoms with van der Waals surface area (Å²) in [6.45, 7) is 8.21. The van der Waals surface area contributed by atoms with Crippen molar-refractivity contribution in [3.8, 4) is 0 Å². The van der Waals surface area contributed by atoms with Gasteiger partial charge in [-0.15, -0.1) is 10.2 Å². The Hall–Kier alpha value is -1.71. The fourth-order valence-electron chi connectivity index (χ4n) is 4.19. The molecule has 1 aromatic heterocycles. The van der Waals surface area contributed by atoms with Crippen LogP contribution in [0, 0.1) is 6.92 Å². The molecule has 3 aliphatic rings. The van der Waals surface area contributed by atoms with E-state index in [0.717, 1.165) is 76.3 Å². The average molecular weight is 392 g/mol. The van der Waals surface area contributed by atoms with Crippen LogP contribution < -0.4 is 10.6 Å². The summed E-state index contributed by atoms with van der Waals surface area (Å²) in [6.07, 6.45) is 5.24. The highest BCUT2D eigenvalue weighted by molar-refractivity contribution is 5.80. The van der Waals surface area contributed by atoms with Crippen LogP contribution in [0.5, 0.6) is 0 Å². The Labute approximate surface area is 166 Å². The van der Waals surface area contributed by atoms with Gasteiger partial charge in [-0.05, 0) is 39.2 Å². The quantitative estimate of drug-likeness (QED) is 0.390. The van der Waals surface area contributed by atoms with E-state index in [0.29, 0.717) is 24.8 Å². The lowest BCUT2D eigenvalue weighted by atomic mass is 9.96. The van der Waals surface area contributed by atoms with Crippen molar-refractivity contribution in [2.24, 2.45) is 12.0 Å². The van der Waals surface area contributed by atoms with Gasteiger partial charge < -0.3 is 24.7 Å². The first kappa shape index (κ1) is 19.6. The average Bonchev–Trinajstić information content (AvgIpc) is 3.41. The van der Waals surface area contributed by atoms with Crippen molar-refractivity contribution in [2.45, 2.75) is 57.4 Å². The monoisotopic (exact) mass is 391 g/mol. The number of aromatic nitrogens is 3. The Balaban J connectivity index is 1.30. The SMILES string of the molecule is Cc1nnc(CN=C(NCCCN2CCOCC2)NC2CC3CCC2O3)n1C. The zero-order valence-corrected chi connectivity index (χ0v) is 17.1. The number of morpholine rings is 1. The van der Waals surface area contributed by atoms with Gasteiger partial charge in [-0.3, -0.25) is 4.90 Å². The standard InChI is InChI=1S/C19H33N7O2/c1-14-23-24-18(25(14)2)13-21-19(22-16-12-15-4-5-17(16)28-15)20-6-3-7-26-8-10-27-11-9-26/h15-17H,3-13H2,1-2H3,(H2,20,21,22). The summed E-state index contributed by atoms with van der Waals surface area (Å²) in [5, 5.41) is 15.5. The van der Waals surface area contributed by atoms with Crippen molar-refractivity contribution in [2.75, 3.05) is 39.4 Å². The summed E-state index contributed by atoms with van der Waals surface area (Å²) in [5.74, 6) is 2.62. The van der Waals surface area contributed by atoms with Crippen LogP contribution in [-0.2, 0) is 23.1 Å². The maximum absolute atomic E-state index is 5.99. The van der Waals surface area contributed by atoms with Gasteiger partial charge in [0.1, 0.15) is 12.4 Å². The first-order chi connectivity index (χ1) is 13.7. The molecule has 2 bridgehead atoms. The summed E-state index contributed by atoms with van der Waals surface area (Å²) in [5.41, 5.74) is 0. The number of nitrogens with zero attached hydrogens (tertiary/aromatic N) is 5. The first-order valence-corrected chi connectivity index (χ1v) is 10.5. The highest BCUT2D eigenvalue weighted by Gasteiger charge is 2.41. The van der Waals surface area contributed by atoms with Gasteiger partial charge in [0.05, 0.1) is 31.5 Å². The second kappa shape index (κ2) is 9.19. The third kappa shape index (κ3) is 4.82. The number of guanidine groups is 1. The van der Waals surface area contributed by atoms with Gasteiger partial charge in [-0.25, -0.2) is 4.99 Å². The fourth-order valence-corrected chi connectivity index (χ4v) is 4.19. The summed E-state index contributed by atoms with van der Waals surface area (Å²) in [6, 6.07) is 0.352. The molecule has 3 saturated heterocycles. The molecule has 4 heterocycles. The van der Waals surface area contributed by atoms with Crippen molar-refractivity contribution >= 4 is 5.96 Å². The minimum atomic E-state index is 0.322. The molecule has 1 aromatic rings. The maximum atomic E-state index is 5.99. The van der Waals surface area contributed by atoms with Crippen LogP contribution in [0.2, 0.25) is 0 Å². The molecule has 3 unspecified atom stereocenters. The van der Waals surface area contributed by atoms with Crippen LogP contribution >= 0.6 is 0 Å². The molecule has 0 radical (unpaired) electrons. The van der Waals surface area contributed by atoms with Crippen LogP contribution in [-0.4, -0.2) is 83.3 Å². The third-order valence-electron chi connectivity index (χ3n) is 6.04. The number of rotatable bonds is 7. The number of nitrogens with one attached hydrogen (secondary N) is 2. The van der Waals surface area contributed by atoms with E-state index < -0.39 is 0 Å². The van der Waals surface area contributed by atoms with E-state index in [-0.39, 0.29) is 0 Å². The van der Waals surface area contributed by atoms with Crippen molar-refractivity contribution in [3.05, 3.63) is 11.6 Å². The predicted molar refractivity (Wildman–Crippen MR) is 106 cm³/mol. The smallest absolute Gasteiger partial charge is 0.192 e. The van der Waals surface area contributed by atoms with Crippen molar-refractivity contribution in [1.82, 2.24) is 30.3 Å². The summed E-state index contributed by atoms with van der Waals surface area (Å²) < 4.78 is 13.4. The number of hydrogen-bond acceptors (Lipinski definition) is 6. The Morgan fingerprint density at radius 2 is 2.11 bits per heavy atom. The third-order valence-corrected chi connectivity index (χ3v) is 6.04. The minimum absolute atomic E-state index is 0.322. The van der Waals surface area contributed by atoms with E-state index in [2.05, 4.69) is 25.7 Å². The Kier molecular flexibility index (Phi) is 6.43. The largest absolute Gasteiger partial charge is 0.379 e. The number of fused-ring (bicyclic) bond motifs is 2. The zero-order valence-electron chi connectivity index (χ0n) is 17.1. The van der Waals surface area contributed by atoms with E-state index in [1.165, 1.54) is 6.42 Å². The molecule has 9 heteroatoms. The van der Waals surface area contributed by atoms with Crippen molar-refractivity contribution in [3.63, 3.8) is 0 Å². The molecule has 156 valence electrons. The first-order valence-electron chi connectivity index (χ1n) is 10.5. The molecule has 9 nitrogen and oxygen atoms in total. The number of hydrogen-bond donors (Lipinski definition) is 2. The number of ether oxygens (including phenoxy) is 2. The highest BCUT2D eigenvalue weighted by atomic mass is 16.5. The Bertz CT molecular complexity index is 671. The minimum Gasteiger partial charge on any atom is -0.379 e. The Morgan fingerprint density at radius 3 is 2.79 bits per heavy atom. The molecular weight excluding hydrogens is 358 g/mol. The van der Waals surface area contributed by atoms with E-state index in [9.17, 15) is 0 Å². The normalized spacial score (nSPS) is 28.1. The second-order valence-corrected chi connectivity index (χ2v) is 7.98. The molecule has 3 atom stereocenters. The van der Waals surface area contributed by atoms with Gasteiger partial charge in [0.2, 0.25) is 0 Å². The zero-order chi connectivity index (χ0) is 19.3. The predicted octanol–water partition coefficient (Wildman–Crippen LogP) is 0.201. The molecular formula is C19H33N7O2. The summed E-state index contributed by atoms with van der Waals surface area (Å²) in [7, 11) is 1.98. The molecule has 4 rings (SSSR count). The number of aryl methyl sites for hydroxylation is 1. The van der Waals surface area contributed by atoms with E-state index in [1.54, 1.807) is 0 Å². The van der Waals surface area contributed by atoms with E-state index >= 15 is 0 Å². The molecule has 0 aliphatic carbocycles. The van der Waals surface area contributed by atoms with Gasteiger partial charge in [0, 0.05) is 26.7 Å². The molecule has 0 spiro atoms. The highest BCUT2D eigenvalue weighted by Crippen LogP contribution is 2.34. The van der Waals surface area contributed by atoms with Crippen molar-refractivity contribution < 1.29 is 9.47 Å². The lowest BCUT2D eigenvalue weighted by molar-refractivity contribution is 0.0376. The lowest BCUT2D eigenvalue weighted by Crippen LogP contribution is -2.48. The maximum Gasteiger partial charge on any atom is 0.192 e. The van der Waals surface area contributed by atoms with Crippen molar-refractivity contribution in [1.29, 1.82) is 0 Å². The van der Waals surface area contributed by atoms with Gasteiger partial charge in [0.25, 0.3) is 0 Å². The van der Waals surface area contributed by atoms with Gasteiger partial charge in [0.15, 0.2) is 11.8 Å². The van der Waals surface area contributed by atoms with Gasteiger partial charge >= 0.3 is 0 Å². The van der Waals surface area contributed by atoms with Crippen LogP contribution in [0.4, 0.5) is 0 Å². The van der Waals surface area contributed by atoms with Gasteiger partial charge in [-0.1, -0.05) is 0 Å².